The molecule has 6 aromatic carbocycles. The van der Waals surface area contributed by atoms with Gasteiger partial charge < -0.3 is 28.1 Å². The van der Waals surface area contributed by atoms with Crippen molar-refractivity contribution < 1.29 is 18.9 Å². The molecule has 0 unspecified atom stereocenters. The molecular weight excluding hydrogens is 721 g/mol. The summed E-state index contributed by atoms with van der Waals surface area (Å²) < 4.78 is 27.0. The summed E-state index contributed by atoms with van der Waals surface area (Å²) in [6.45, 7) is 0. The van der Waals surface area contributed by atoms with Crippen LogP contribution in [0.4, 0.5) is 0 Å². The fourth-order valence-corrected chi connectivity index (χ4v) is 8.33. The van der Waals surface area contributed by atoms with E-state index in [1.165, 1.54) is 0 Å². The number of hydrogen-bond donors (Lipinski definition) is 0. The first kappa shape index (κ1) is 34.9. The van der Waals surface area contributed by atoms with E-state index in [0.717, 1.165) is 111 Å². The normalized spacial score (nSPS) is 11.4. The molecule has 58 heavy (non-hydrogen) atoms. The van der Waals surface area contributed by atoms with Gasteiger partial charge in [0.15, 0.2) is 0 Å². The Bertz CT molecular complexity index is 2830. The molecule has 0 atom stereocenters. The molecule has 10 rings (SSSR count). The van der Waals surface area contributed by atoms with E-state index in [1.807, 2.05) is 49.1 Å². The van der Waals surface area contributed by atoms with Gasteiger partial charge in [0.1, 0.15) is 23.0 Å². The van der Waals surface area contributed by atoms with Crippen molar-refractivity contribution in [2.24, 2.45) is 0 Å². The van der Waals surface area contributed by atoms with Crippen molar-refractivity contribution in [1.29, 1.82) is 0 Å². The summed E-state index contributed by atoms with van der Waals surface area (Å²) in [6.07, 6.45) is 7.57. The van der Waals surface area contributed by atoms with E-state index >= 15 is 0 Å². The number of fused-ring (bicyclic) bond motifs is 6. The van der Waals surface area contributed by atoms with Crippen molar-refractivity contribution in [1.82, 2.24) is 19.1 Å². The molecule has 0 saturated carbocycles. The summed E-state index contributed by atoms with van der Waals surface area (Å²) in [7, 11) is 6.78. The molecule has 8 nitrogen and oxygen atoms in total. The van der Waals surface area contributed by atoms with Gasteiger partial charge in [-0.05, 0) is 131 Å². The lowest BCUT2D eigenvalue weighted by atomic mass is 9.92. The molecular formula is C50H38N4O4. The Hall–Kier alpha value is -7.58. The zero-order chi connectivity index (χ0) is 39.3. The average Bonchev–Trinajstić information content (AvgIpc) is 3.80. The second-order valence-electron chi connectivity index (χ2n) is 14.1. The van der Waals surface area contributed by atoms with Crippen LogP contribution >= 0.6 is 0 Å². The lowest BCUT2D eigenvalue weighted by Crippen LogP contribution is -1.96. The van der Waals surface area contributed by atoms with Gasteiger partial charge in [-0.1, -0.05) is 24.3 Å². The van der Waals surface area contributed by atoms with Crippen LogP contribution in [0.25, 0.3) is 88.4 Å². The van der Waals surface area contributed by atoms with Crippen LogP contribution in [-0.4, -0.2) is 47.5 Å². The van der Waals surface area contributed by atoms with Gasteiger partial charge in [0, 0.05) is 68.8 Å². The van der Waals surface area contributed by atoms with Crippen LogP contribution in [0.3, 0.4) is 0 Å². The third-order valence-corrected chi connectivity index (χ3v) is 11.2. The van der Waals surface area contributed by atoms with E-state index in [-0.39, 0.29) is 0 Å². The van der Waals surface area contributed by atoms with Crippen LogP contribution < -0.4 is 18.9 Å². The number of aromatic nitrogens is 4. The minimum Gasteiger partial charge on any atom is -0.497 e. The van der Waals surface area contributed by atoms with Gasteiger partial charge in [0.25, 0.3) is 0 Å². The van der Waals surface area contributed by atoms with Gasteiger partial charge in [-0.25, -0.2) is 0 Å². The van der Waals surface area contributed by atoms with Gasteiger partial charge in [-0.3, -0.25) is 9.97 Å². The molecule has 0 fully saturated rings. The molecule has 0 aliphatic rings. The molecule has 8 heteroatoms. The third-order valence-electron chi connectivity index (χ3n) is 11.2. The maximum atomic E-state index is 5.60. The second-order valence-corrected chi connectivity index (χ2v) is 14.1. The van der Waals surface area contributed by atoms with Crippen LogP contribution in [-0.2, 0) is 0 Å². The Morgan fingerprint density at radius 1 is 0.345 bits per heavy atom. The quantitative estimate of drug-likeness (QED) is 0.146. The maximum absolute atomic E-state index is 5.60. The molecule has 4 aromatic heterocycles. The van der Waals surface area contributed by atoms with Gasteiger partial charge in [0.05, 0.1) is 50.5 Å². The SMILES string of the molecule is COc1ccc2c(c1)c1cc(OC)ccc1n2-c1ccc(-c2ccncc2-c2cnccc2-c2ccc(-n3c4ccc(OC)cc4c4cc(OC)ccc43)cc2)cc1. The van der Waals surface area contributed by atoms with Crippen molar-refractivity contribution in [2.75, 3.05) is 28.4 Å². The maximum Gasteiger partial charge on any atom is 0.119 e. The molecule has 4 heterocycles. The molecule has 10 aromatic rings. The summed E-state index contributed by atoms with van der Waals surface area (Å²) >= 11 is 0. The Morgan fingerprint density at radius 2 is 0.655 bits per heavy atom. The minimum absolute atomic E-state index is 0.812. The molecule has 0 saturated heterocycles. The van der Waals surface area contributed by atoms with E-state index in [4.69, 9.17) is 18.9 Å². The first-order chi connectivity index (χ1) is 28.6. The largest absolute Gasteiger partial charge is 0.497 e. The average molecular weight is 759 g/mol. The molecule has 0 aliphatic heterocycles. The standard InChI is InChI=1S/C50H38N4O4/c1-55-35-13-17-47-41(25-35)42-26-36(56-2)14-18-48(42)53(47)33-9-5-31(6-10-33)39-21-23-51-29-45(39)46-30-52-24-22-40(46)32-7-11-34(12-8-32)54-49-19-15-37(57-3)27-43(49)44-28-38(58-4)16-20-50(44)54/h5-30H,1-4H3. The molecule has 0 spiro atoms. The Balaban J connectivity index is 1.03. The fourth-order valence-electron chi connectivity index (χ4n) is 8.33. The zero-order valence-corrected chi connectivity index (χ0v) is 32.4. The smallest absolute Gasteiger partial charge is 0.119 e. The van der Waals surface area contributed by atoms with Crippen molar-refractivity contribution in [3.05, 3.63) is 158 Å². The topological polar surface area (TPSA) is 72.6 Å². The number of benzene rings is 6. The third kappa shape index (κ3) is 5.68. The minimum atomic E-state index is 0.812. The number of rotatable bonds is 9. The predicted octanol–water partition coefficient (Wildman–Crippen LogP) is 11.7. The predicted molar refractivity (Wildman–Crippen MR) is 233 cm³/mol. The van der Waals surface area contributed by atoms with Gasteiger partial charge in [-0.15, -0.1) is 0 Å². The summed E-state index contributed by atoms with van der Waals surface area (Å²) in [5.74, 6) is 3.25. The van der Waals surface area contributed by atoms with Gasteiger partial charge >= 0.3 is 0 Å². The summed E-state index contributed by atoms with van der Waals surface area (Å²) in [5, 5.41) is 4.40. The Morgan fingerprint density at radius 3 is 0.948 bits per heavy atom. The van der Waals surface area contributed by atoms with Crippen molar-refractivity contribution in [3.63, 3.8) is 0 Å². The monoisotopic (exact) mass is 758 g/mol. The first-order valence-electron chi connectivity index (χ1n) is 19.0. The highest BCUT2D eigenvalue weighted by atomic mass is 16.5. The molecule has 0 bridgehead atoms. The van der Waals surface area contributed by atoms with E-state index < -0.39 is 0 Å². The van der Waals surface area contributed by atoms with Crippen LogP contribution in [0.1, 0.15) is 0 Å². The molecule has 0 amide bonds. The highest BCUT2D eigenvalue weighted by Crippen LogP contribution is 2.41. The lowest BCUT2D eigenvalue weighted by Gasteiger charge is -2.15. The van der Waals surface area contributed by atoms with E-state index in [2.05, 4.69) is 128 Å². The molecule has 282 valence electrons. The van der Waals surface area contributed by atoms with Crippen LogP contribution in [0.2, 0.25) is 0 Å². The zero-order valence-electron chi connectivity index (χ0n) is 32.4. The second kappa shape index (κ2) is 14.2. The molecule has 0 aliphatic carbocycles. The van der Waals surface area contributed by atoms with Gasteiger partial charge in [-0.2, -0.15) is 0 Å². The number of pyridine rings is 2. The Kier molecular flexibility index (Phi) is 8.52. The fraction of sp³-hybridized carbons (Fsp3) is 0.0800. The summed E-state index contributed by atoms with van der Waals surface area (Å²) in [5.41, 5.74) is 12.8. The lowest BCUT2D eigenvalue weighted by molar-refractivity contribution is 0.415. The van der Waals surface area contributed by atoms with E-state index in [0.29, 0.717) is 0 Å². The number of methoxy groups -OCH3 is 4. The first-order valence-corrected chi connectivity index (χ1v) is 19.0. The van der Waals surface area contributed by atoms with Crippen LogP contribution in [0.15, 0.2) is 158 Å². The highest BCUT2D eigenvalue weighted by Gasteiger charge is 2.18. The number of ether oxygens (including phenoxy) is 4. The van der Waals surface area contributed by atoms with Crippen LogP contribution in [0, 0.1) is 0 Å². The van der Waals surface area contributed by atoms with Crippen molar-refractivity contribution in [3.8, 4) is 67.8 Å². The van der Waals surface area contributed by atoms with Crippen molar-refractivity contribution >= 4 is 43.6 Å². The van der Waals surface area contributed by atoms with Crippen molar-refractivity contribution in [2.45, 2.75) is 0 Å². The highest BCUT2D eigenvalue weighted by molar-refractivity contribution is 6.11. The van der Waals surface area contributed by atoms with Crippen LogP contribution in [0.5, 0.6) is 23.0 Å². The van der Waals surface area contributed by atoms with Gasteiger partial charge in [0.2, 0.25) is 0 Å². The Labute approximate surface area is 335 Å². The molecule has 0 N–H and O–H groups in total. The van der Waals surface area contributed by atoms with E-state index in [9.17, 15) is 0 Å². The van der Waals surface area contributed by atoms with E-state index in [1.54, 1.807) is 28.4 Å². The molecule has 0 radical (unpaired) electrons. The number of nitrogens with zero attached hydrogens (tertiary/aromatic N) is 4. The summed E-state index contributed by atoms with van der Waals surface area (Å²) in [6, 6.07) is 46.4. The summed E-state index contributed by atoms with van der Waals surface area (Å²) in [4.78, 5) is 9.19. The number of hydrogen-bond acceptors (Lipinski definition) is 6.